The lowest BCUT2D eigenvalue weighted by Crippen LogP contribution is -2.09. The number of aryl methyl sites for hydroxylation is 1. The molecule has 116 valence electrons. The molecule has 0 bridgehead atoms. The quantitative estimate of drug-likeness (QED) is 0.827. The van der Waals surface area contributed by atoms with Crippen molar-refractivity contribution in [2.75, 3.05) is 6.61 Å². The van der Waals surface area contributed by atoms with Crippen molar-refractivity contribution in [2.24, 2.45) is 23.7 Å². The highest BCUT2D eigenvalue weighted by molar-refractivity contribution is 5.73. The fourth-order valence-corrected chi connectivity index (χ4v) is 2.88. The van der Waals surface area contributed by atoms with Gasteiger partial charge in [0.15, 0.2) is 0 Å². The largest absolute Gasteiger partial charge is 0.493 e. The van der Waals surface area contributed by atoms with Gasteiger partial charge in [-0.05, 0) is 60.8 Å². The van der Waals surface area contributed by atoms with E-state index >= 15 is 0 Å². The fraction of sp³-hybridized carbons (Fsp3) is 0.611. The van der Waals surface area contributed by atoms with Crippen LogP contribution in [0.15, 0.2) is 18.2 Å². The Morgan fingerprint density at radius 1 is 1.38 bits per heavy atom. The van der Waals surface area contributed by atoms with Crippen LogP contribution in [-0.2, 0) is 11.2 Å². The highest BCUT2D eigenvalue weighted by Gasteiger charge is 2.46. The average molecular weight is 290 g/mol. The Kier molecular flexibility index (Phi) is 4.92. The second-order valence-electron chi connectivity index (χ2n) is 6.82. The third kappa shape index (κ3) is 4.23. The number of benzene rings is 1. The van der Waals surface area contributed by atoms with Gasteiger partial charge >= 0.3 is 5.97 Å². The maximum atomic E-state index is 11.0. The van der Waals surface area contributed by atoms with Gasteiger partial charge in [-0.25, -0.2) is 0 Å². The molecule has 1 aromatic rings. The average Bonchev–Trinajstić information content (AvgIpc) is 3.19. The molecule has 3 heteroatoms. The molecule has 3 nitrogen and oxygen atoms in total. The van der Waals surface area contributed by atoms with E-state index in [0.717, 1.165) is 25.2 Å². The first-order chi connectivity index (χ1) is 9.88. The number of carboxylic acid groups (broad SMARTS) is 1. The Labute approximate surface area is 127 Å². The maximum absolute atomic E-state index is 11.0. The minimum absolute atomic E-state index is 0.117. The normalized spacial score (nSPS) is 22.1. The number of carboxylic acids is 1. The number of hydrogen-bond donors (Lipinski definition) is 1. The van der Waals surface area contributed by atoms with Crippen LogP contribution in [0.5, 0.6) is 5.75 Å². The summed E-state index contributed by atoms with van der Waals surface area (Å²) < 4.78 is 5.74. The minimum Gasteiger partial charge on any atom is -0.493 e. The van der Waals surface area contributed by atoms with Gasteiger partial charge in [-0.15, -0.1) is 0 Å². The molecule has 1 saturated carbocycles. The van der Waals surface area contributed by atoms with Crippen molar-refractivity contribution in [3.63, 3.8) is 0 Å². The Hall–Kier alpha value is -1.51. The molecule has 2 rings (SSSR count). The summed E-state index contributed by atoms with van der Waals surface area (Å²) in [5, 5.41) is 9.02. The molecule has 0 amide bonds. The van der Waals surface area contributed by atoms with Gasteiger partial charge in [-0.1, -0.05) is 26.8 Å². The van der Waals surface area contributed by atoms with Crippen molar-refractivity contribution in [3.8, 4) is 5.75 Å². The van der Waals surface area contributed by atoms with Gasteiger partial charge in [0.1, 0.15) is 5.75 Å². The van der Waals surface area contributed by atoms with Crippen molar-refractivity contribution in [1.29, 1.82) is 0 Å². The maximum Gasteiger partial charge on any atom is 0.306 e. The Balaban J connectivity index is 1.93. The molecule has 1 fully saturated rings. The molecular weight excluding hydrogens is 264 g/mol. The fourth-order valence-electron chi connectivity index (χ4n) is 2.88. The summed E-state index contributed by atoms with van der Waals surface area (Å²) in [6, 6.07) is 6.24. The van der Waals surface area contributed by atoms with Gasteiger partial charge in [0.25, 0.3) is 0 Å². The first-order valence-corrected chi connectivity index (χ1v) is 7.83. The molecule has 3 atom stereocenters. The summed E-state index contributed by atoms with van der Waals surface area (Å²) in [6.07, 6.45) is 1.79. The lowest BCUT2D eigenvalue weighted by Gasteiger charge is -2.15. The molecule has 3 unspecified atom stereocenters. The Bertz CT molecular complexity index is 507. The highest BCUT2D eigenvalue weighted by Crippen LogP contribution is 2.45. The van der Waals surface area contributed by atoms with Crippen LogP contribution in [0.1, 0.15) is 38.3 Å². The van der Waals surface area contributed by atoms with Crippen molar-refractivity contribution in [1.82, 2.24) is 0 Å². The second-order valence-corrected chi connectivity index (χ2v) is 6.82. The van der Waals surface area contributed by atoms with E-state index in [4.69, 9.17) is 9.84 Å². The summed E-state index contributed by atoms with van der Waals surface area (Å²) in [4.78, 5) is 11.0. The van der Waals surface area contributed by atoms with E-state index in [0.29, 0.717) is 17.8 Å². The molecule has 1 N–H and O–H groups in total. The number of aliphatic carboxylic acids is 1. The Morgan fingerprint density at radius 2 is 2.10 bits per heavy atom. The summed E-state index contributed by atoms with van der Waals surface area (Å²) in [5.41, 5.74) is 2.53. The van der Waals surface area contributed by atoms with Crippen LogP contribution in [-0.4, -0.2) is 17.7 Å². The van der Waals surface area contributed by atoms with Crippen LogP contribution in [0.4, 0.5) is 0 Å². The van der Waals surface area contributed by atoms with Crippen LogP contribution in [0.2, 0.25) is 0 Å². The predicted molar refractivity (Wildman–Crippen MR) is 83.6 cm³/mol. The molecule has 0 spiro atoms. The second kappa shape index (κ2) is 6.50. The zero-order valence-electron chi connectivity index (χ0n) is 13.4. The van der Waals surface area contributed by atoms with Crippen LogP contribution >= 0.6 is 0 Å². The first kappa shape index (κ1) is 15.9. The zero-order chi connectivity index (χ0) is 15.6. The third-order valence-electron chi connectivity index (χ3n) is 4.33. The van der Waals surface area contributed by atoms with Crippen LogP contribution in [0, 0.1) is 30.6 Å². The number of carbonyl (C=O) groups is 1. The van der Waals surface area contributed by atoms with Gasteiger partial charge in [-0.2, -0.15) is 0 Å². The van der Waals surface area contributed by atoms with Gasteiger partial charge < -0.3 is 9.84 Å². The number of ether oxygens (including phenoxy) is 1. The summed E-state index contributed by atoms with van der Waals surface area (Å²) in [5.74, 6) is 1.46. The number of hydrogen-bond acceptors (Lipinski definition) is 2. The van der Waals surface area contributed by atoms with Crippen LogP contribution in [0.3, 0.4) is 0 Å². The summed E-state index contributed by atoms with van der Waals surface area (Å²) in [7, 11) is 0. The molecule has 1 aliphatic carbocycles. The molecule has 0 aliphatic heterocycles. The Morgan fingerprint density at radius 3 is 2.62 bits per heavy atom. The lowest BCUT2D eigenvalue weighted by atomic mass is 9.93. The molecule has 0 heterocycles. The first-order valence-electron chi connectivity index (χ1n) is 7.83. The zero-order valence-corrected chi connectivity index (χ0v) is 13.4. The topological polar surface area (TPSA) is 46.5 Å². The van der Waals surface area contributed by atoms with Crippen LogP contribution in [0.25, 0.3) is 0 Å². The van der Waals surface area contributed by atoms with E-state index < -0.39 is 5.97 Å². The van der Waals surface area contributed by atoms with E-state index in [-0.39, 0.29) is 5.92 Å². The lowest BCUT2D eigenvalue weighted by molar-refractivity contribution is -0.139. The summed E-state index contributed by atoms with van der Waals surface area (Å²) >= 11 is 0. The molecule has 21 heavy (non-hydrogen) atoms. The molecule has 0 radical (unpaired) electrons. The SMILES string of the molecule is Cc1cc(OCC(C)C)ccc1CC(C)C1CC1C(=O)O. The van der Waals surface area contributed by atoms with Gasteiger partial charge in [-0.3, -0.25) is 4.79 Å². The van der Waals surface area contributed by atoms with E-state index in [9.17, 15) is 4.79 Å². The molecule has 0 aromatic heterocycles. The monoisotopic (exact) mass is 290 g/mol. The smallest absolute Gasteiger partial charge is 0.306 e. The molecular formula is C18H26O3. The van der Waals surface area contributed by atoms with Crippen molar-refractivity contribution < 1.29 is 14.6 Å². The molecule has 0 saturated heterocycles. The third-order valence-corrected chi connectivity index (χ3v) is 4.33. The predicted octanol–water partition coefficient (Wildman–Crippen LogP) is 3.93. The van der Waals surface area contributed by atoms with Crippen molar-refractivity contribution in [2.45, 2.75) is 40.5 Å². The van der Waals surface area contributed by atoms with Gasteiger partial charge in [0, 0.05) is 0 Å². The number of rotatable bonds is 7. The van der Waals surface area contributed by atoms with Crippen molar-refractivity contribution >= 4 is 5.97 Å². The standard InChI is InChI=1S/C18H26O3/c1-11(2)10-21-15-6-5-14(12(3)8-15)7-13(4)16-9-17(16)18(19)20/h5-6,8,11,13,16-17H,7,9-10H2,1-4H3,(H,19,20). The van der Waals surface area contributed by atoms with Crippen LogP contribution < -0.4 is 4.74 Å². The van der Waals surface area contributed by atoms with E-state index in [1.807, 2.05) is 6.07 Å². The summed E-state index contributed by atoms with van der Waals surface area (Å²) in [6.45, 7) is 9.27. The van der Waals surface area contributed by atoms with Gasteiger partial charge in [0.05, 0.1) is 12.5 Å². The highest BCUT2D eigenvalue weighted by atomic mass is 16.5. The van der Waals surface area contributed by atoms with E-state index in [1.54, 1.807) is 0 Å². The van der Waals surface area contributed by atoms with Gasteiger partial charge in [0.2, 0.25) is 0 Å². The minimum atomic E-state index is -0.638. The van der Waals surface area contributed by atoms with E-state index in [2.05, 4.69) is 39.8 Å². The molecule has 1 aliphatic rings. The van der Waals surface area contributed by atoms with Crippen molar-refractivity contribution in [3.05, 3.63) is 29.3 Å². The van der Waals surface area contributed by atoms with E-state index in [1.165, 1.54) is 11.1 Å². The molecule has 1 aromatic carbocycles.